The Morgan fingerprint density at radius 1 is 1.19 bits per heavy atom. The van der Waals surface area contributed by atoms with Gasteiger partial charge in [-0.1, -0.05) is 25.0 Å². The maximum absolute atomic E-state index is 12.9. The number of benzene rings is 1. The number of nitrogens with one attached hydrogen (secondary N) is 2. The largest absolute Gasteiger partial charge is 0.350 e. The van der Waals surface area contributed by atoms with Crippen LogP contribution >= 0.6 is 0 Å². The molecule has 0 saturated heterocycles. The molecule has 7 heteroatoms. The Labute approximate surface area is 159 Å². The van der Waals surface area contributed by atoms with E-state index in [1.54, 1.807) is 12.1 Å². The van der Waals surface area contributed by atoms with E-state index in [0.717, 1.165) is 31.2 Å². The molecule has 1 aliphatic carbocycles. The lowest BCUT2D eigenvalue weighted by molar-refractivity contribution is -0.140. The average molecular weight is 377 g/mol. The first-order chi connectivity index (χ1) is 12.9. The summed E-state index contributed by atoms with van der Waals surface area (Å²) in [7, 11) is 0. The van der Waals surface area contributed by atoms with Crippen molar-refractivity contribution in [1.82, 2.24) is 15.5 Å². The monoisotopic (exact) mass is 377 g/mol. The van der Waals surface area contributed by atoms with Crippen molar-refractivity contribution in [3.63, 3.8) is 0 Å². The Morgan fingerprint density at radius 2 is 1.81 bits per heavy atom. The van der Waals surface area contributed by atoms with Crippen LogP contribution in [0, 0.1) is 11.7 Å². The van der Waals surface area contributed by atoms with E-state index >= 15 is 0 Å². The Hall–Kier alpha value is -2.44. The summed E-state index contributed by atoms with van der Waals surface area (Å²) >= 11 is 0. The summed E-state index contributed by atoms with van der Waals surface area (Å²) in [6.45, 7) is 3.79. The molecule has 6 nitrogen and oxygen atoms in total. The second-order valence-electron chi connectivity index (χ2n) is 6.98. The third-order valence-electron chi connectivity index (χ3n) is 4.93. The predicted octanol–water partition coefficient (Wildman–Crippen LogP) is 1.99. The van der Waals surface area contributed by atoms with Crippen LogP contribution in [0.2, 0.25) is 0 Å². The normalized spacial score (nSPS) is 15.2. The van der Waals surface area contributed by atoms with Gasteiger partial charge in [-0.05, 0) is 43.4 Å². The van der Waals surface area contributed by atoms with Gasteiger partial charge in [-0.3, -0.25) is 14.4 Å². The first kappa shape index (κ1) is 20.9. The molecule has 1 unspecified atom stereocenters. The lowest BCUT2D eigenvalue weighted by Gasteiger charge is -2.29. The smallest absolute Gasteiger partial charge is 0.245 e. The average Bonchev–Trinajstić information content (AvgIpc) is 3.17. The van der Waals surface area contributed by atoms with Crippen molar-refractivity contribution >= 4 is 17.7 Å². The number of amides is 3. The fraction of sp³-hybridized carbons (Fsp3) is 0.550. The van der Waals surface area contributed by atoms with Gasteiger partial charge < -0.3 is 15.5 Å². The first-order valence-electron chi connectivity index (χ1n) is 9.47. The highest BCUT2D eigenvalue weighted by Crippen LogP contribution is 2.28. The van der Waals surface area contributed by atoms with Crippen LogP contribution in [0.15, 0.2) is 24.3 Å². The molecular formula is C20H28FN3O3. The number of rotatable bonds is 8. The van der Waals surface area contributed by atoms with E-state index in [1.807, 2.05) is 6.92 Å². The minimum absolute atomic E-state index is 0.0701. The van der Waals surface area contributed by atoms with Gasteiger partial charge in [0.1, 0.15) is 11.9 Å². The van der Waals surface area contributed by atoms with Crippen molar-refractivity contribution in [3.8, 4) is 0 Å². The van der Waals surface area contributed by atoms with Crippen LogP contribution in [0.3, 0.4) is 0 Å². The van der Waals surface area contributed by atoms with Crippen molar-refractivity contribution in [1.29, 1.82) is 0 Å². The highest BCUT2D eigenvalue weighted by molar-refractivity contribution is 5.90. The number of halogens is 1. The molecule has 0 bridgehead atoms. The number of hydrogen-bond donors (Lipinski definition) is 2. The van der Waals surface area contributed by atoms with Gasteiger partial charge in [-0.15, -0.1) is 0 Å². The summed E-state index contributed by atoms with van der Waals surface area (Å²) in [5.41, 5.74) is 0.779. The number of hydrogen-bond acceptors (Lipinski definition) is 3. The van der Waals surface area contributed by atoms with Crippen LogP contribution in [0.4, 0.5) is 4.39 Å². The number of carbonyl (C=O) groups excluding carboxylic acids is 3. The molecule has 1 atom stereocenters. The molecule has 1 aromatic carbocycles. The fourth-order valence-corrected chi connectivity index (χ4v) is 3.47. The molecule has 0 aromatic heterocycles. The summed E-state index contributed by atoms with van der Waals surface area (Å²) in [6.07, 6.45) is 3.92. The van der Waals surface area contributed by atoms with E-state index in [2.05, 4.69) is 10.6 Å². The second kappa shape index (κ2) is 10.0. The SMILES string of the molecule is CCN(CC(=O)NCc1ccc(F)cc1)C(=O)C(NC(C)=O)C1CCCC1. The second-order valence-corrected chi connectivity index (χ2v) is 6.98. The lowest BCUT2D eigenvalue weighted by atomic mass is 9.96. The standard InChI is InChI=1S/C20H28FN3O3/c1-3-24(13-18(26)22-12-15-8-10-17(21)11-9-15)20(27)19(23-14(2)25)16-6-4-5-7-16/h8-11,16,19H,3-7,12-13H2,1-2H3,(H,22,26)(H,23,25). The molecule has 3 amide bonds. The van der Waals surface area contributed by atoms with E-state index < -0.39 is 6.04 Å². The van der Waals surface area contributed by atoms with Gasteiger partial charge >= 0.3 is 0 Å². The minimum Gasteiger partial charge on any atom is -0.350 e. The molecule has 2 rings (SSSR count). The maximum atomic E-state index is 12.9. The molecular weight excluding hydrogens is 349 g/mol. The van der Waals surface area contributed by atoms with Crippen LogP contribution in [-0.2, 0) is 20.9 Å². The summed E-state index contributed by atoms with van der Waals surface area (Å²) in [4.78, 5) is 38.2. The zero-order chi connectivity index (χ0) is 19.8. The van der Waals surface area contributed by atoms with Crippen LogP contribution in [-0.4, -0.2) is 41.8 Å². The van der Waals surface area contributed by atoms with Crippen molar-refractivity contribution in [2.24, 2.45) is 5.92 Å². The van der Waals surface area contributed by atoms with E-state index in [9.17, 15) is 18.8 Å². The summed E-state index contributed by atoms with van der Waals surface area (Å²) in [5, 5.41) is 5.52. The summed E-state index contributed by atoms with van der Waals surface area (Å²) < 4.78 is 12.9. The zero-order valence-corrected chi connectivity index (χ0v) is 16.0. The molecule has 0 radical (unpaired) electrons. The van der Waals surface area contributed by atoms with Gasteiger partial charge in [-0.25, -0.2) is 4.39 Å². The molecule has 2 N–H and O–H groups in total. The number of likely N-dealkylation sites (N-methyl/N-ethyl adjacent to an activating group) is 1. The van der Waals surface area contributed by atoms with E-state index in [1.165, 1.54) is 24.0 Å². The van der Waals surface area contributed by atoms with Gasteiger partial charge in [0, 0.05) is 20.0 Å². The third-order valence-corrected chi connectivity index (χ3v) is 4.93. The Kier molecular flexibility index (Phi) is 7.76. The molecule has 0 spiro atoms. The molecule has 148 valence electrons. The first-order valence-corrected chi connectivity index (χ1v) is 9.47. The molecule has 1 saturated carbocycles. The maximum Gasteiger partial charge on any atom is 0.245 e. The van der Waals surface area contributed by atoms with Crippen LogP contribution in [0.25, 0.3) is 0 Å². The minimum atomic E-state index is -0.574. The van der Waals surface area contributed by atoms with Crippen molar-refractivity contribution in [3.05, 3.63) is 35.6 Å². The van der Waals surface area contributed by atoms with Gasteiger partial charge in [0.15, 0.2) is 0 Å². The van der Waals surface area contributed by atoms with Crippen LogP contribution < -0.4 is 10.6 Å². The van der Waals surface area contributed by atoms with E-state index in [4.69, 9.17) is 0 Å². The van der Waals surface area contributed by atoms with Gasteiger partial charge in [0.05, 0.1) is 6.54 Å². The van der Waals surface area contributed by atoms with Crippen LogP contribution in [0.1, 0.15) is 45.1 Å². The number of nitrogens with zero attached hydrogens (tertiary/aromatic N) is 1. The van der Waals surface area contributed by atoms with Gasteiger partial charge in [0.25, 0.3) is 0 Å². The molecule has 27 heavy (non-hydrogen) atoms. The van der Waals surface area contributed by atoms with Crippen molar-refractivity contribution in [2.75, 3.05) is 13.1 Å². The highest BCUT2D eigenvalue weighted by atomic mass is 19.1. The highest BCUT2D eigenvalue weighted by Gasteiger charge is 2.34. The van der Waals surface area contributed by atoms with Crippen molar-refractivity contribution < 1.29 is 18.8 Å². The van der Waals surface area contributed by atoms with E-state index in [0.29, 0.717) is 6.54 Å². The quantitative estimate of drug-likeness (QED) is 0.727. The molecule has 0 aliphatic heterocycles. The summed E-state index contributed by atoms with van der Waals surface area (Å²) in [6, 6.07) is 5.30. The van der Waals surface area contributed by atoms with Crippen molar-refractivity contribution in [2.45, 2.75) is 52.1 Å². The summed E-state index contributed by atoms with van der Waals surface area (Å²) in [5.74, 6) is -0.947. The fourth-order valence-electron chi connectivity index (χ4n) is 3.47. The predicted molar refractivity (Wildman–Crippen MR) is 100 cm³/mol. The number of carbonyl (C=O) groups is 3. The zero-order valence-electron chi connectivity index (χ0n) is 16.0. The van der Waals surface area contributed by atoms with E-state index in [-0.39, 0.29) is 42.5 Å². The topological polar surface area (TPSA) is 78.5 Å². The Bertz CT molecular complexity index is 657. The Balaban J connectivity index is 1.94. The molecule has 1 aliphatic rings. The third kappa shape index (κ3) is 6.34. The lowest BCUT2D eigenvalue weighted by Crippen LogP contribution is -2.53. The van der Waals surface area contributed by atoms with Gasteiger partial charge in [0.2, 0.25) is 17.7 Å². The molecule has 1 aromatic rings. The van der Waals surface area contributed by atoms with Crippen LogP contribution in [0.5, 0.6) is 0 Å². The Morgan fingerprint density at radius 3 is 2.37 bits per heavy atom. The molecule has 0 heterocycles. The molecule has 1 fully saturated rings. The van der Waals surface area contributed by atoms with Gasteiger partial charge in [-0.2, -0.15) is 0 Å².